The minimum Gasteiger partial charge on any atom is -0.379 e. The summed E-state index contributed by atoms with van der Waals surface area (Å²) >= 11 is 1.57. The van der Waals surface area contributed by atoms with E-state index in [1.54, 1.807) is 11.3 Å². The summed E-state index contributed by atoms with van der Waals surface area (Å²) in [6.07, 6.45) is 2.04. The zero-order valence-electron chi connectivity index (χ0n) is 14.9. The van der Waals surface area contributed by atoms with E-state index in [4.69, 9.17) is 4.74 Å². The van der Waals surface area contributed by atoms with Gasteiger partial charge in [0.25, 0.3) is 5.91 Å². The lowest BCUT2D eigenvalue weighted by molar-refractivity contribution is 0.0374. The monoisotopic (exact) mass is 371 g/mol. The smallest absolute Gasteiger partial charge is 0.261 e. The Morgan fingerprint density at radius 2 is 1.96 bits per heavy atom. The fraction of sp³-hybridized carbons (Fsp3) is 0.450. The van der Waals surface area contributed by atoms with Crippen molar-refractivity contribution in [3.8, 4) is 0 Å². The van der Waals surface area contributed by atoms with E-state index >= 15 is 0 Å². The molecule has 1 fully saturated rings. The molecule has 0 radical (unpaired) electrons. The highest BCUT2D eigenvalue weighted by atomic mass is 32.1. The van der Waals surface area contributed by atoms with Crippen molar-refractivity contribution in [3.05, 3.63) is 46.8 Å². The van der Waals surface area contributed by atoms with Crippen LogP contribution in [-0.4, -0.2) is 56.7 Å². The first-order valence-electron chi connectivity index (χ1n) is 9.35. The number of carbonyl (C=O) groups excluding carboxylic acids is 1. The molecule has 5 nitrogen and oxygen atoms in total. The second-order valence-electron chi connectivity index (χ2n) is 6.73. The van der Waals surface area contributed by atoms with E-state index < -0.39 is 0 Å². The number of hydrogen-bond acceptors (Lipinski definition) is 5. The van der Waals surface area contributed by atoms with Crippen molar-refractivity contribution in [3.63, 3.8) is 0 Å². The third kappa shape index (κ3) is 3.92. The van der Waals surface area contributed by atoms with Gasteiger partial charge in [-0.25, -0.2) is 0 Å². The first kappa shape index (κ1) is 17.5. The van der Waals surface area contributed by atoms with Crippen LogP contribution in [0.25, 0.3) is 0 Å². The number of anilines is 2. The van der Waals surface area contributed by atoms with Crippen LogP contribution in [0.15, 0.2) is 36.4 Å². The summed E-state index contributed by atoms with van der Waals surface area (Å²) in [5.74, 6) is 0.0377. The molecule has 1 aromatic heterocycles. The van der Waals surface area contributed by atoms with Gasteiger partial charge < -0.3 is 15.0 Å². The van der Waals surface area contributed by atoms with Crippen LogP contribution in [0, 0.1) is 0 Å². The molecule has 2 aliphatic rings. The molecule has 2 aromatic rings. The van der Waals surface area contributed by atoms with E-state index in [2.05, 4.69) is 45.4 Å². The second-order valence-corrected chi connectivity index (χ2v) is 7.79. The van der Waals surface area contributed by atoms with Gasteiger partial charge in [-0.3, -0.25) is 9.69 Å². The first-order chi connectivity index (χ1) is 12.8. The summed E-state index contributed by atoms with van der Waals surface area (Å²) in [7, 11) is 0. The number of thiophene rings is 1. The van der Waals surface area contributed by atoms with E-state index in [0.717, 1.165) is 68.7 Å². The fourth-order valence-electron chi connectivity index (χ4n) is 3.58. The highest BCUT2D eigenvalue weighted by Gasteiger charge is 2.22. The van der Waals surface area contributed by atoms with Gasteiger partial charge in [0.15, 0.2) is 0 Å². The van der Waals surface area contributed by atoms with Crippen LogP contribution in [0.1, 0.15) is 21.7 Å². The molecule has 1 aromatic carbocycles. The van der Waals surface area contributed by atoms with Gasteiger partial charge in [0.2, 0.25) is 0 Å². The largest absolute Gasteiger partial charge is 0.379 e. The van der Waals surface area contributed by atoms with Gasteiger partial charge in [0, 0.05) is 31.9 Å². The number of amides is 1. The van der Waals surface area contributed by atoms with Gasteiger partial charge in [-0.1, -0.05) is 18.2 Å². The molecule has 4 rings (SSSR count). The van der Waals surface area contributed by atoms with Crippen molar-refractivity contribution in [2.45, 2.75) is 12.8 Å². The highest BCUT2D eigenvalue weighted by Crippen LogP contribution is 2.37. The second kappa shape index (κ2) is 8.20. The number of carbonyl (C=O) groups is 1. The molecule has 6 heteroatoms. The van der Waals surface area contributed by atoms with Crippen LogP contribution in [-0.2, 0) is 11.2 Å². The summed E-state index contributed by atoms with van der Waals surface area (Å²) < 4.78 is 5.35. The Kier molecular flexibility index (Phi) is 5.53. The van der Waals surface area contributed by atoms with Crippen LogP contribution in [0.4, 0.5) is 10.7 Å². The number of rotatable bonds is 6. The van der Waals surface area contributed by atoms with Crippen molar-refractivity contribution in [2.24, 2.45) is 0 Å². The number of fused-ring (bicyclic) bond motifs is 1. The van der Waals surface area contributed by atoms with E-state index in [1.807, 2.05) is 6.07 Å². The molecular weight excluding hydrogens is 346 g/mol. The van der Waals surface area contributed by atoms with Gasteiger partial charge in [0.05, 0.1) is 23.1 Å². The molecule has 2 aliphatic heterocycles. The summed E-state index contributed by atoms with van der Waals surface area (Å²) in [5.41, 5.74) is 2.65. The predicted molar refractivity (Wildman–Crippen MR) is 106 cm³/mol. The normalized spacial score (nSPS) is 17.3. The Hall–Kier alpha value is -1.89. The van der Waals surface area contributed by atoms with E-state index in [-0.39, 0.29) is 5.91 Å². The molecular formula is C20H25N3O2S. The average Bonchev–Trinajstić information content (AvgIpc) is 3.33. The Morgan fingerprint density at radius 3 is 2.85 bits per heavy atom. The lowest BCUT2D eigenvalue weighted by Gasteiger charge is -2.26. The van der Waals surface area contributed by atoms with Crippen LogP contribution in [0.2, 0.25) is 0 Å². The van der Waals surface area contributed by atoms with Gasteiger partial charge in [-0.05, 0) is 43.1 Å². The van der Waals surface area contributed by atoms with Crippen molar-refractivity contribution in [1.82, 2.24) is 10.2 Å². The van der Waals surface area contributed by atoms with E-state index in [1.165, 1.54) is 11.3 Å². The lowest BCUT2D eigenvalue weighted by Crippen LogP contribution is -2.38. The van der Waals surface area contributed by atoms with Crippen LogP contribution >= 0.6 is 11.3 Å². The highest BCUT2D eigenvalue weighted by molar-refractivity contribution is 7.18. The standard InChI is InChI=1S/C20H25N3O2S/c24-20(21-9-3-10-22-12-14-25-15-13-22)18-6-7-19(26-18)23-11-8-16-4-1-2-5-17(16)23/h1-2,4-7H,3,8-15H2,(H,21,24). The number of ether oxygens (including phenoxy) is 1. The average molecular weight is 372 g/mol. The summed E-state index contributed by atoms with van der Waals surface area (Å²) in [4.78, 5) is 17.9. The Morgan fingerprint density at radius 1 is 1.12 bits per heavy atom. The molecule has 0 saturated carbocycles. The number of benzene rings is 1. The molecule has 26 heavy (non-hydrogen) atoms. The topological polar surface area (TPSA) is 44.8 Å². The Labute approximate surface area is 158 Å². The number of morpholine rings is 1. The quantitative estimate of drug-likeness (QED) is 0.793. The van der Waals surface area contributed by atoms with Crippen molar-refractivity contribution < 1.29 is 9.53 Å². The number of para-hydroxylation sites is 1. The summed E-state index contributed by atoms with van der Waals surface area (Å²) in [6.45, 7) is 6.37. The molecule has 1 saturated heterocycles. The molecule has 138 valence electrons. The maximum Gasteiger partial charge on any atom is 0.261 e. The first-order valence-corrected chi connectivity index (χ1v) is 10.2. The fourth-order valence-corrected chi connectivity index (χ4v) is 4.54. The van der Waals surface area contributed by atoms with Gasteiger partial charge >= 0.3 is 0 Å². The molecule has 0 spiro atoms. The lowest BCUT2D eigenvalue weighted by atomic mass is 10.2. The molecule has 0 aliphatic carbocycles. The number of nitrogens with zero attached hydrogens (tertiary/aromatic N) is 2. The molecule has 3 heterocycles. The SMILES string of the molecule is O=C(NCCCN1CCOCC1)c1ccc(N2CCc3ccccc32)s1. The van der Waals surface area contributed by atoms with Gasteiger partial charge in [-0.2, -0.15) is 0 Å². The number of hydrogen-bond donors (Lipinski definition) is 1. The Balaban J connectivity index is 1.28. The summed E-state index contributed by atoms with van der Waals surface area (Å²) in [6, 6.07) is 12.5. The van der Waals surface area contributed by atoms with Crippen LogP contribution < -0.4 is 10.2 Å². The van der Waals surface area contributed by atoms with Crippen molar-refractivity contribution in [1.29, 1.82) is 0 Å². The third-order valence-corrected chi connectivity index (χ3v) is 6.12. The molecule has 0 atom stereocenters. The molecule has 0 unspecified atom stereocenters. The Bertz CT molecular complexity index is 755. The van der Waals surface area contributed by atoms with E-state index in [9.17, 15) is 4.79 Å². The molecule has 1 amide bonds. The minimum atomic E-state index is 0.0377. The zero-order chi connectivity index (χ0) is 17.8. The minimum absolute atomic E-state index is 0.0377. The summed E-state index contributed by atoms with van der Waals surface area (Å²) in [5, 5.41) is 4.20. The van der Waals surface area contributed by atoms with Crippen LogP contribution in [0.5, 0.6) is 0 Å². The third-order valence-electron chi connectivity index (χ3n) is 5.01. The van der Waals surface area contributed by atoms with E-state index in [0.29, 0.717) is 0 Å². The zero-order valence-corrected chi connectivity index (χ0v) is 15.8. The van der Waals surface area contributed by atoms with Gasteiger partial charge in [-0.15, -0.1) is 11.3 Å². The van der Waals surface area contributed by atoms with Crippen LogP contribution in [0.3, 0.4) is 0 Å². The maximum atomic E-state index is 12.4. The number of nitrogens with one attached hydrogen (secondary N) is 1. The molecule has 1 N–H and O–H groups in total. The van der Waals surface area contributed by atoms with Crippen molar-refractivity contribution >= 4 is 27.9 Å². The maximum absolute atomic E-state index is 12.4. The van der Waals surface area contributed by atoms with Crippen molar-refractivity contribution in [2.75, 3.05) is 50.8 Å². The predicted octanol–water partition coefficient (Wildman–Crippen LogP) is 2.89. The van der Waals surface area contributed by atoms with Gasteiger partial charge in [0.1, 0.15) is 0 Å². The molecule has 0 bridgehead atoms.